The van der Waals surface area contributed by atoms with Crippen molar-refractivity contribution in [1.82, 2.24) is 0 Å². The lowest BCUT2D eigenvalue weighted by atomic mass is 9.33. The van der Waals surface area contributed by atoms with Crippen LogP contribution in [0.1, 0.15) is 69.4 Å². The SMILES string of the molecule is Cc1cc(C)c(B2c3cc4c(cc3N3c5cc6ccccc6cc5N(c5ccc6c(c5)oc5cc7ccc(C(C)(C)C)cc7cc56)c5cc6ccccc6c2c53)oc2cc3ccc(C(C)(C)C)cc3cc24)c(C)c1. The summed E-state index contributed by atoms with van der Waals surface area (Å²) in [6, 6.07) is 64.4. The van der Waals surface area contributed by atoms with Gasteiger partial charge in [0.05, 0.1) is 28.4 Å². The van der Waals surface area contributed by atoms with Gasteiger partial charge in [0.1, 0.15) is 22.3 Å². The van der Waals surface area contributed by atoms with E-state index in [1.165, 1.54) is 93.0 Å². The molecule has 2 aromatic heterocycles. The van der Waals surface area contributed by atoms with Crippen LogP contribution in [0.2, 0.25) is 0 Å². The second-order valence-electron chi connectivity index (χ2n) is 23.6. The van der Waals surface area contributed by atoms with E-state index in [0.29, 0.717) is 0 Å². The zero-order valence-electron chi connectivity index (χ0n) is 43.5. The van der Waals surface area contributed by atoms with Crippen LogP contribution in [-0.4, -0.2) is 6.71 Å². The lowest BCUT2D eigenvalue weighted by Gasteiger charge is -2.46. The molecule has 0 bridgehead atoms. The summed E-state index contributed by atoms with van der Waals surface area (Å²) in [5.41, 5.74) is 20.8. The highest BCUT2D eigenvalue weighted by molar-refractivity contribution is 7.00. The van der Waals surface area contributed by atoms with Crippen molar-refractivity contribution < 1.29 is 8.83 Å². The van der Waals surface area contributed by atoms with Gasteiger partial charge in [0.2, 0.25) is 6.71 Å². The van der Waals surface area contributed by atoms with Crippen molar-refractivity contribution in [1.29, 1.82) is 0 Å². The molecule has 4 nitrogen and oxygen atoms in total. The number of fused-ring (bicyclic) bond motifs is 15. The fourth-order valence-electron chi connectivity index (χ4n) is 13.1. The molecule has 0 N–H and O–H groups in total. The van der Waals surface area contributed by atoms with E-state index in [-0.39, 0.29) is 17.5 Å². The van der Waals surface area contributed by atoms with Gasteiger partial charge in [-0.2, -0.15) is 0 Å². The van der Waals surface area contributed by atoms with Gasteiger partial charge < -0.3 is 18.6 Å². The van der Waals surface area contributed by atoms with Crippen LogP contribution in [0.4, 0.5) is 34.1 Å². The maximum Gasteiger partial charge on any atom is 0.248 e. The Bertz CT molecular complexity index is 4610. The quantitative estimate of drug-likeness (QED) is 0.162. The molecular formula is C69H55BN2O2. The highest BCUT2D eigenvalue weighted by Gasteiger charge is 2.44. The van der Waals surface area contributed by atoms with E-state index in [2.05, 4.69) is 242 Å². The van der Waals surface area contributed by atoms with E-state index in [0.717, 1.165) is 72.3 Å². The Balaban J connectivity index is 1.04. The van der Waals surface area contributed by atoms with Gasteiger partial charge in [-0.1, -0.05) is 167 Å². The lowest BCUT2D eigenvalue weighted by molar-refractivity contribution is 0.591. The molecule has 0 aliphatic carbocycles. The molecule has 15 rings (SSSR count). The fraction of sp³-hybridized carbons (Fsp3) is 0.159. The number of hydrogen-bond acceptors (Lipinski definition) is 4. The van der Waals surface area contributed by atoms with Crippen LogP contribution in [0.3, 0.4) is 0 Å². The fourth-order valence-corrected chi connectivity index (χ4v) is 13.1. The summed E-state index contributed by atoms with van der Waals surface area (Å²) in [4.78, 5) is 5.09. The number of rotatable bonds is 2. The normalized spacial score (nSPS) is 13.7. The molecule has 356 valence electrons. The summed E-state index contributed by atoms with van der Waals surface area (Å²) >= 11 is 0. The standard InChI is InChI=1S/C69H55BN2O2/c1-38-24-39(2)65(40(3)25-38)70-56-36-55-54-29-47-27-49(69(7,8)9)21-19-44(47)34-62(54)74-64(55)37-57(56)72-59-31-42-15-11-10-14-41(42)30-58(59)71(60-32-45-16-12-13-17-51(45)66(70)67(60)72)50-22-23-52-53-28-46-26-48(68(4,5)6)20-18-43(46)33-61(53)73-63(52)35-50/h10-37H,1-9H3. The van der Waals surface area contributed by atoms with Gasteiger partial charge >= 0.3 is 0 Å². The maximum absolute atomic E-state index is 7.04. The van der Waals surface area contributed by atoms with E-state index in [4.69, 9.17) is 8.83 Å². The zero-order valence-corrected chi connectivity index (χ0v) is 43.5. The van der Waals surface area contributed by atoms with Gasteiger partial charge in [0.15, 0.2) is 0 Å². The Kier molecular flexibility index (Phi) is 8.73. The average molecular weight is 955 g/mol. The van der Waals surface area contributed by atoms with Crippen LogP contribution in [0.25, 0.3) is 87.0 Å². The van der Waals surface area contributed by atoms with Crippen LogP contribution in [-0.2, 0) is 10.8 Å². The molecule has 2 aliphatic rings. The van der Waals surface area contributed by atoms with Crippen molar-refractivity contribution in [3.63, 3.8) is 0 Å². The molecule has 4 heterocycles. The van der Waals surface area contributed by atoms with Crippen LogP contribution in [0.15, 0.2) is 179 Å². The molecule has 0 fully saturated rings. The van der Waals surface area contributed by atoms with Crippen molar-refractivity contribution >= 4 is 144 Å². The van der Waals surface area contributed by atoms with Crippen LogP contribution < -0.4 is 26.2 Å². The summed E-state index contributed by atoms with van der Waals surface area (Å²) in [5, 5.41) is 14.2. The minimum atomic E-state index is -0.0985. The van der Waals surface area contributed by atoms with E-state index >= 15 is 0 Å². The second kappa shape index (κ2) is 14.9. The van der Waals surface area contributed by atoms with Gasteiger partial charge in [-0.05, 0) is 151 Å². The first-order valence-corrected chi connectivity index (χ1v) is 26.2. The van der Waals surface area contributed by atoms with Crippen molar-refractivity contribution in [2.45, 2.75) is 73.1 Å². The Hall–Kier alpha value is -8.28. The summed E-state index contributed by atoms with van der Waals surface area (Å²) in [5.74, 6) is 0. The van der Waals surface area contributed by atoms with Gasteiger partial charge in [-0.3, -0.25) is 0 Å². The molecule has 0 saturated heterocycles. The third-order valence-corrected chi connectivity index (χ3v) is 16.7. The average Bonchev–Trinajstić information content (AvgIpc) is 3.91. The highest BCUT2D eigenvalue weighted by Crippen LogP contribution is 2.57. The number of nitrogens with zero attached hydrogens (tertiary/aromatic N) is 2. The van der Waals surface area contributed by atoms with Crippen LogP contribution in [0, 0.1) is 20.8 Å². The number of aryl methyl sites for hydroxylation is 3. The topological polar surface area (TPSA) is 32.8 Å². The zero-order chi connectivity index (χ0) is 50.3. The molecule has 0 radical (unpaired) electrons. The maximum atomic E-state index is 7.04. The highest BCUT2D eigenvalue weighted by atomic mass is 16.3. The summed E-state index contributed by atoms with van der Waals surface area (Å²) in [6.45, 7) is 20.5. The molecule has 74 heavy (non-hydrogen) atoms. The molecule has 11 aromatic carbocycles. The molecule has 0 saturated carbocycles. The first kappa shape index (κ1) is 43.3. The molecule has 0 spiro atoms. The monoisotopic (exact) mass is 954 g/mol. The van der Waals surface area contributed by atoms with Crippen LogP contribution in [0.5, 0.6) is 0 Å². The van der Waals surface area contributed by atoms with E-state index in [1.807, 2.05) is 0 Å². The number of hydrogen-bond donors (Lipinski definition) is 0. The van der Waals surface area contributed by atoms with Gasteiger partial charge in [0.25, 0.3) is 0 Å². The molecule has 5 heteroatoms. The number of anilines is 6. The van der Waals surface area contributed by atoms with Gasteiger partial charge in [0, 0.05) is 39.4 Å². The first-order chi connectivity index (χ1) is 35.6. The van der Waals surface area contributed by atoms with Gasteiger partial charge in [-0.25, -0.2) is 0 Å². The van der Waals surface area contributed by atoms with E-state index < -0.39 is 0 Å². The van der Waals surface area contributed by atoms with Crippen molar-refractivity contribution in [3.05, 3.63) is 198 Å². The molecular weight excluding hydrogens is 900 g/mol. The number of benzene rings is 11. The molecule has 0 amide bonds. The first-order valence-electron chi connectivity index (χ1n) is 26.2. The predicted octanol–water partition coefficient (Wildman–Crippen LogP) is 17.7. The van der Waals surface area contributed by atoms with Crippen LogP contribution >= 0.6 is 0 Å². The third-order valence-electron chi connectivity index (χ3n) is 16.7. The molecule has 13 aromatic rings. The van der Waals surface area contributed by atoms with Crippen molar-refractivity contribution in [3.8, 4) is 0 Å². The largest absolute Gasteiger partial charge is 0.456 e. The molecule has 0 unspecified atom stereocenters. The minimum Gasteiger partial charge on any atom is -0.456 e. The minimum absolute atomic E-state index is 0.0328. The second-order valence-corrected chi connectivity index (χ2v) is 23.6. The predicted molar refractivity (Wildman–Crippen MR) is 317 cm³/mol. The lowest BCUT2D eigenvalue weighted by Crippen LogP contribution is -2.59. The molecule has 2 aliphatic heterocycles. The number of furan rings is 2. The van der Waals surface area contributed by atoms with Crippen molar-refractivity contribution in [2.24, 2.45) is 0 Å². The molecule has 0 atom stereocenters. The Morgan fingerprint density at radius 1 is 0.365 bits per heavy atom. The van der Waals surface area contributed by atoms with Gasteiger partial charge in [-0.15, -0.1) is 0 Å². The Morgan fingerprint density at radius 3 is 1.50 bits per heavy atom. The summed E-state index contributed by atoms with van der Waals surface area (Å²) in [7, 11) is 0. The smallest absolute Gasteiger partial charge is 0.248 e. The van der Waals surface area contributed by atoms with E-state index in [1.54, 1.807) is 0 Å². The third kappa shape index (κ3) is 6.22. The van der Waals surface area contributed by atoms with Crippen molar-refractivity contribution in [2.75, 3.05) is 9.80 Å². The van der Waals surface area contributed by atoms with E-state index in [9.17, 15) is 0 Å². The summed E-state index contributed by atoms with van der Waals surface area (Å²) < 4.78 is 13.9. The Labute approximate surface area is 431 Å². The summed E-state index contributed by atoms with van der Waals surface area (Å²) in [6.07, 6.45) is 0. The Morgan fingerprint density at radius 2 is 0.878 bits per heavy atom.